The van der Waals surface area contributed by atoms with Crippen molar-refractivity contribution >= 4 is 0 Å². The van der Waals surface area contributed by atoms with Crippen LogP contribution in [-0.4, -0.2) is 6.54 Å². The summed E-state index contributed by atoms with van der Waals surface area (Å²) in [5.74, 6) is 0. The van der Waals surface area contributed by atoms with Gasteiger partial charge in [-0.3, -0.25) is 0 Å². The Kier molecular flexibility index (Phi) is 2.12. The average molecular weight is 175 g/mol. The molecule has 2 rings (SSSR count). The molecule has 1 nitrogen and oxygen atoms in total. The van der Waals surface area contributed by atoms with Crippen LogP contribution in [0.15, 0.2) is 24.3 Å². The predicted octanol–water partition coefficient (Wildman–Crippen LogP) is 2.28. The van der Waals surface area contributed by atoms with Gasteiger partial charge in [0.2, 0.25) is 0 Å². The average Bonchev–Trinajstić information content (AvgIpc) is 2.90. The van der Waals surface area contributed by atoms with Gasteiger partial charge in [-0.15, -0.1) is 0 Å². The molecule has 13 heavy (non-hydrogen) atoms. The number of rotatable bonds is 3. The van der Waals surface area contributed by atoms with Crippen molar-refractivity contribution in [3.05, 3.63) is 35.4 Å². The maximum Gasteiger partial charge on any atom is -0.00173 e. The van der Waals surface area contributed by atoms with Crippen LogP contribution in [0.1, 0.15) is 24.0 Å². The highest BCUT2D eigenvalue weighted by molar-refractivity contribution is 5.27. The third kappa shape index (κ3) is 1.75. The number of hydrogen-bond donors (Lipinski definition) is 1. The Morgan fingerprint density at radius 1 is 1.31 bits per heavy atom. The zero-order valence-electron chi connectivity index (χ0n) is 8.22. The fraction of sp³-hybridized carbons (Fsp3) is 0.500. The summed E-state index contributed by atoms with van der Waals surface area (Å²) in [4.78, 5) is 0. The summed E-state index contributed by atoms with van der Waals surface area (Å²) < 4.78 is 0. The van der Waals surface area contributed by atoms with Crippen molar-refractivity contribution < 1.29 is 0 Å². The Bertz CT molecular complexity index is 300. The third-order valence-corrected chi connectivity index (χ3v) is 3.22. The minimum absolute atomic E-state index is 0.464. The lowest BCUT2D eigenvalue weighted by Crippen LogP contribution is -2.18. The molecular weight excluding hydrogens is 158 g/mol. The van der Waals surface area contributed by atoms with Crippen LogP contribution < -0.4 is 5.73 Å². The molecule has 1 heteroatoms. The van der Waals surface area contributed by atoms with E-state index >= 15 is 0 Å². The van der Waals surface area contributed by atoms with Crippen LogP contribution in [0.4, 0.5) is 0 Å². The predicted molar refractivity (Wildman–Crippen MR) is 55.6 cm³/mol. The summed E-state index contributed by atoms with van der Waals surface area (Å²) in [6, 6.07) is 8.63. The fourth-order valence-electron chi connectivity index (χ4n) is 1.84. The standard InChI is InChI=1S/C12H17N/c1-10-4-2-3-5-11(10)8-12(9-13)6-7-12/h2-5H,6-9,13H2,1H3. The van der Waals surface area contributed by atoms with E-state index in [9.17, 15) is 0 Å². The highest BCUT2D eigenvalue weighted by Gasteiger charge is 2.41. The molecule has 0 amide bonds. The molecule has 0 heterocycles. The number of benzene rings is 1. The second kappa shape index (κ2) is 3.15. The van der Waals surface area contributed by atoms with Gasteiger partial charge >= 0.3 is 0 Å². The van der Waals surface area contributed by atoms with Gasteiger partial charge in [0.1, 0.15) is 0 Å². The Hall–Kier alpha value is -0.820. The molecule has 1 aromatic rings. The molecule has 0 atom stereocenters. The second-order valence-electron chi connectivity index (χ2n) is 4.31. The molecule has 1 saturated carbocycles. The minimum Gasteiger partial charge on any atom is -0.330 e. The van der Waals surface area contributed by atoms with Gasteiger partial charge in [0.15, 0.2) is 0 Å². The van der Waals surface area contributed by atoms with Gasteiger partial charge in [-0.05, 0) is 49.3 Å². The molecule has 0 aliphatic heterocycles. The lowest BCUT2D eigenvalue weighted by molar-refractivity contribution is 0.520. The Morgan fingerprint density at radius 3 is 2.54 bits per heavy atom. The van der Waals surface area contributed by atoms with Crippen molar-refractivity contribution in [3.8, 4) is 0 Å². The van der Waals surface area contributed by atoms with Crippen LogP contribution in [0.2, 0.25) is 0 Å². The van der Waals surface area contributed by atoms with Gasteiger partial charge in [-0.25, -0.2) is 0 Å². The van der Waals surface area contributed by atoms with Gasteiger partial charge < -0.3 is 5.73 Å². The summed E-state index contributed by atoms with van der Waals surface area (Å²) >= 11 is 0. The highest BCUT2D eigenvalue weighted by atomic mass is 14.6. The molecule has 1 aromatic carbocycles. The Labute approximate surface area is 80.0 Å². The van der Waals surface area contributed by atoms with Gasteiger partial charge in [-0.2, -0.15) is 0 Å². The summed E-state index contributed by atoms with van der Waals surface area (Å²) in [6.07, 6.45) is 3.81. The van der Waals surface area contributed by atoms with Gasteiger partial charge in [0, 0.05) is 0 Å². The smallest absolute Gasteiger partial charge is 0.00173 e. The first-order valence-electron chi connectivity index (χ1n) is 5.00. The molecule has 1 fully saturated rings. The third-order valence-electron chi connectivity index (χ3n) is 3.22. The van der Waals surface area contributed by atoms with Crippen LogP contribution in [0, 0.1) is 12.3 Å². The van der Waals surface area contributed by atoms with Gasteiger partial charge in [0.05, 0.1) is 0 Å². The van der Waals surface area contributed by atoms with E-state index in [1.807, 2.05) is 0 Å². The fourth-order valence-corrected chi connectivity index (χ4v) is 1.84. The summed E-state index contributed by atoms with van der Waals surface area (Å²) in [5, 5.41) is 0. The van der Waals surface area contributed by atoms with Crippen LogP contribution in [-0.2, 0) is 6.42 Å². The van der Waals surface area contributed by atoms with Crippen molar-refractivity contribution in [2.24, 2.45) is 11.1 Å². The molecule has 0 bridgehead atoms. The monoisotopic (exact) mass is 175 g/mol. The SMILES string of the molecule is Cc1ccccc1CC1(CN)CC1. The topological polar surface area (TPSA) is 26.0 Å². The molecule has 0 unspecified atom stereocenters. The van der Waals surface area contributed by atoms with Crippen molar-refractivity contribution in [2.75, 3.05) is 6.54 Å². The molecule has 70 valence electrons. The summed E-state index contributed by atoms with van der Waals surface area (Å²) in [7, 11) is 0. The van der Waals surface area contributed by atoms with E-state index in [0.29, 0.717) is 5.41 Å². The molecule has 1 aliphatic carbocycles. The quantitative estimate of drug-likeness (QED) is 0.749. The Morgan fingerprint density at radius 2 is 2.00 bits per heavy atom. The van der Waals surface area contributed by atoms with Crippen molar-refractivity contribution in [1.29, 1.82) is 0 Å². The van der Waals surface area contributed by atoms with E-state index in [2.05, 4.69) is 31.2 Å². The van der Waals surface area contributed by atoms with Gasteiger partial charge in [-0.1, -0.05) is 24.3 Å². The molecular formula is C12H17N. The van der Waals surface area contributed by atoms with E-state index in [1.54, 1.807) is 0 Å². The summed E-state index contributed by atoms with van der Waals surface area (Å²) in [5.41, 5.74) is 9.11. The van der Waals surface area contributed by atoms with Crippen molar-refractivity contribution in [3.63, 3.8) is 0 Å². The van der Waals surface area contributed by atoms with Crippen molar-refractivity contribution in [1.82, 2.24) is 0 Å². The van der Waals surface area contributed by atoms with Crippen LogP contribution in [0.25, 0.3) is 0 Å². The first-order valence-corrected chi connectivity index (χ1v) is 5.00. The second-order valence-corrected chi connectivity index (χ2v) is 4.31. The largest absolute Gasteiger partial charge is 0.330 e. The Balaban J connectivity index is 2.14. The zero-order valence-corrected chi connectivity index (χ0v) is 8.22. The lowest BCUT2D eigenvalue weighted by atomic mass is 9.94. The molecule has 1 aliphatic rings. The summed E-state index contributed by atoms with van der Waals surface area (Å²) in [6.45, 7) is 3.03. The maximum atomic E-state index is 5.77. The van der Waals surface area contributed by atoms with E-state index in [1.165, 1.54) is 30.4 Å². The first-order chi connectivity index (χ1) is 6.26. The van der Waals surface area contributed by atoms with Crippen molar-refractivity contribution in [2.45, 2.75) is 26.2 Å². The zero-order chi connectivity index (χ0) is 9.31. The van der Waals surface area contributed by atoms with E-state index in [4.69, 9.17) is 5.73 Å². The van der Waals surface area contributed by atoms with Crippen LogP contribution in [0.3, 0.4) is 0 Å². The minimum atomic E-state index is 0.464. The van der Waals surface area contributed by atoms with Crippen LogP contribution in [0.5, 0.6) is 0 Å². The number of hydrogen-bond acceptors (Lipinski definition) is 1. The lowest BCUT2D eigenvalue weighted by Gasteiger charge is -2.13. The molecule has 0 radical (unpaired) electrons. The number of aryl methyl sites for hydroxylation is 1. The molecule has 0 saturated heterocycles. The molecule has 2 N–H and O–H groups in total. The van der Waals surface area contributed by atoms with E-state index in [-0.39, 0.29) is 0 Å². The normalized spacial score (nSPS) is 18.6. The van der Waals surface area contributed by atoms with E-state index < -0.39 is 0 Å². The first kappa shape index (κ1) is 8.76. The maximum absolute atomic E-state index is 5.77. The molecule has 0 aromatic heterocycles. The highest BCUT2D eigenvalue weighted by Crippen LogP contribution is 2.47. The van der Waals surface area contributed by atoms with Crippen LogP contribution >= 0.6 is 0 Å². The van der Waals surface area contributed by atoms with E-state index in [0.717, 1.165) is 6.54 Å². The van der Waals surface area contributed by atoms with Gasteiger partial charge in [0.25, 0.3) is 0 Å². The number of nitrogens with two attached hydrogens (primary N) is 1. The molecule has 0 spiro atoms.